The van der Waals surface area contributed by atoms with Crippen LogP contribution in [0.3, 0.4) is 0 Å². The van der Waals surface area contributed by atoms with Crippen LogP contribution in [0, 0.1) is 17.8 Å². The van der Waals surface area contributed by atoms with E-state index in [9.17, 15) is 13.2 Å². The maximum Gasteiger partial charge on any atom is 0.231 e. The second-order valence-electron chi connectivity index (χ2n) is 10.6. The van der Waals surface area contributed by atoms with Gasteiger partial charge in [-0.05, 0) is 82.0 Å². The van der Waals surface area contributed by atoms with Crippen LogP contribution in [-0.4, -0.2) is 57.0 Å². The monoisotopic (exact) mass is 475 g/mol. The second-order valence-corrected chi connectivity index (χ2v) is 12.9. The fraction of sp³-hybridized carbons (Fsp3) is 0.731. The van der Waals surface area contributed by atoms with Crippen LogP contribution in [0.2, 0.25) is 0 Å². The Balaban J connectivity index is 1.01. The van der Waals surface area contributed by atoms with Crippen molar-refractivity contribution in [1.29, 1.82) is 0 Å². The van der Waals surface area contributed by atoms with Gasteiger partial charge in [-0.3, -0.25) is 4.79 Å². The molecule has 7 heteroatoms. The van der Waals surface area contributed by atoms with Crippen molar-refractivity contribution in [2.75, 3.05) is 37.9 Å². The van der Waals surface area contributed by atoms with Gasteiger partial charge < -0.3 is 14.4 Å². The summed E-state index contributed by atoms with van der Waals surface area (Å²) in [6, 6.07) is 6.27. The van der Waals surface area contributed by atoms with Crippen LogP contribution in [0.25, 0.3) is 0 Å². The largest absolute Gasteiger partial charge is 0.454 e. The maximum absolute atomic E-state index is 12.5. The van der Waals surface area contributed by atoms with Crippen LogP contribution in [-0.2, 0) is 14.6 Å². The zero-order chi connectivity index (χ0) is 22.8. The van der Waals surface area contributed by atoms with Gasteiger partial charge in [-0.2, -0.15) is 0 Å². The van der Waals surface area contributed by atoms with Gasteiger partial charge in [0.1, 0.15) is 5.78 Å². The predicted octanol–water partition coefficient (Wildman–Crippen LogP) is 4.19. The first kappa shape index (κ1) is 23.2. The standard InChI is InChI=1S/C26H37NO5S/c28-24(22-11-15-33(29,30)17-22)16-20-6-4-19(5-7-20)8-12-27-13-9-21(10-14-27)23-2-1-3-25-26(23)32-18-31-25/h1-3,19-22H,4-18H2. The Bertz CT molecular complexity index is 945. The average Bonchev–Trinajstić information content (AvgIpc) is 3.45. The molecule has 0 N–H and O–H groups in total. The summed E-state index contributed by atoms with van der Waals surface area (Å²) in [4.78, 5) is 15.1. The van der Waals surface area contributed by atoms with Crippen molar-refractivity contribution in [3.05, 3.63) is 23.8 Å². The van der Waals surface area contributed by atoms with E-state index >= 15 is 0 Å². The lowest BCUT2D eigenvalue weighted by Gasteiger charge is -2.34. The van der Waals surface area contributed by atoms with Crippen molar-refractivity contribution < 1.29 is 22.7 Å². The minimum Gasteiger partial charge on any atom is -0.454 e. The van der Waals surface area contributed by atoms with E-state index < -0.39 is 9.84 Å². The van der Waals surface area contributed by atoms with Gasteiger partial charge in [-0.1, -0.05) is 25.0 Å². The number of carbonyl (C=O) groups excluding carboxylic acids is 1. The average molecular weight is 476 g/mol. The van der Waals surface area contributed by atoms with Crippen LogP contribution in [0.5, 0.6) is 11.5 Å². The molecular formula is C26H37NO5S. The molecule has 1 atom stereocenters. The van der Waals surface area contributed by atoms with E-state index in [0.717, 1.165) is 43.3 Å². The van der Waals surface area contributed by atoms with Gasteiger partial charge in [-0.15, -0.1) is 0 Å². The number of Topliss-reactive ketones (excluding diaryl/α,β-unsaturated/α-hetero) is 1. The number of para-hydroxylation sites is 1. The van der Waals surface area contributed by atoms with Gasteiger partial charge in [0.2, 0.25) is 6.79 Å². The van der Waals surface area contributed by atoms with Gasteiger partial charge in [0.05, 0.1) is 11.5 Å². The first-order valence-electron chi connectivity index (χ1n) is 12.8. The molecule has 0 spiro atoms. The lowest BCUT2D eigenvalue weighted by Crippen LogP contribution is -2.35. The molecule has 182 valence electrons. The fourth-order valence-corrected chi connectivity index (χ4v) is 8.11. The number of fused-ring (bicyclic) bond motifs is 1. The molecule has 3 heterocycles. The Morgan fingerprint density at radius 2 is 1.73 bits per heavy atom. The van der Waals surface area contributed by atoms with Crippen molar-refractivity contribution in [1.82, 2.24) is 4.90 Å². The molecule has 0 radical (unpaired) electrons. The SMILES string of the molecule is O=C(CC1CCC(CCN2CCC(c3cccc4c3OCO4)CC2)CC1)C1CCS(=O)(=O)C1. The molecule has 3 aliphatic heterocycles. The summed E-state index contributed by atoms with van der Waals surface area (Å²) < 4.78 is 34.6. The molecular weight excluding hydrogens is 438 g/mol. The van der Waals surface area contributed by atoms with E-state index in [2.05, 4.69) is 17.0 Å². The van der Waals surface area contributed by atoms with E-state index in [1.165, 1.54) is 44.2 Å². The molecule has 4 aliphatic rings. The smallest absolute Gasteiger partial charge is 0.231 e. The highest BCUT2D eigenvalue weighted by atomic mass is 32.2. The van der Waals surface area contributed by atoms with Crippen LogP contribution in [0.15, 0.2) is 18.2 Å². The summed E-state index contributed by atoms with van der Waals surface area (Å²) in [5, 5.41) is 0. The summed E-state index contributed by atoms with van der Waals surface area (Å²) in [5.41, 5.74) is 1.31. The van der Waals surface area contributed by atoms with Crippen molar-refractivity contribution in [2.45, 2.75) is 63.7 Å². The topological polar surface area (TPSA) is 72.9 Å². The highest BCUT2D eigenvalue weighted by Crippen LogP contribution is 2.42. The molecule has 1 aliphatic carbocycles. The normalized spacial score (nSPS) is 29.9. The highest BCUT2D eigenvalue weighted by Gasteiger charge is 2.34. The number of ether oxygens (including phenoxy) is 2. The molecule has 0 aromatic heterocycles. The molecule has 1 unspecified atom stereocenters. The van der Waals surface area contributed by atoms with Gasteiger partial charge in [0.25, 0.3) is 0 Å². The zero-order valence-electron chi connectivity index (χ0n) is 19.5. The summed E-state index contributed by atoms with van der Waals surface area (Å²) in [5.74, 6) is 3.89. The molecule has 1 aromatic carbocycles. The van der Waals surface area contributed by atoms with Crippen LogP contribution >= 0.6 is 0 Å². The van der Waals surface area contributed by atoms with Gasteiger partial charge >= 0.3 is 0 Å². The number of nitrogens with zero attached hydrogens (tertiary/aromatic N) is 1. The lowest BCUT2D eigenvalue weighted by atomic mass is 9.77. The van der Waals surface area contributed by atoms with E-state index in [1.807, 2.05) is 6.07 Å². The lowest BCUT2D eigenvalue weighted by molar-refractivity contribution is -0.123. The Labute approximate surface area is 197 Å². The third-order valence-electron chi connectivity index (χ3n) is 8.45. The van der Waals surface area contributed by atoms with Crippen molar-refractivity contribution in [2.24, 2.45) is 17.8 Å². The molecule has 5 rings (SSSR count). The molecule has 1 saturated carbocycles. The number of carbonyl (C=O) groups is 1. The van der Waals surface area contributed by atoms with Crippen LogP contribution in [0.1, 0.15) is 69.3 Å². The minimum atomic E-state index is -2.97. The highest BCUT2D eigenvalue weighted by molar-refractivity contribution is 7.91. The van der Waals surface area contributed by atoms with Crippen molar-refractivity contribution in [3.63, 3.8) is 0 Å². The minimum absolute atomic E-state index is 0.0887. The quantitative estimate of drug-likeness (QED) is 0.589. The first-order chi connectivity index (χ1) is 16.0. The Kier molecular flexibility index (Phi) is 6.98. The number of likely N-dealkylation sites (tertiary alicyclic amines) is 1. The van der Waals surface area contributed by atoms with Crippen LogP contribution < -0.4 is 9.47 Å². The van der Waals surface area contributed by atoms with Crippen molar-refractivity contribution in [3.8, 4) is 11.5 Å². The number of hydrogen-bond acceptors (Lipinski definition) is 6. The first-order valence-corrected chi connectivity index (χ1v) is 14.6. The number of benzene rings is 1. The molecule has 2 saturated heterocycles. The molecule has 0 bridgehead atoms. The van der Waals surface area contributed by atoms with Gasteiger partial charge in [-0.25, -0.2) is 8.42 Å². The zero-order valence-corrected chi connectivity index (χ0v) is 20.4. The Morgan fingerprint density at radius 3 is 2.45 bits per heavy atom. The summed E-state index contributed by atoms with van der Waals surface area (Å²) >= 11 is 0. The van der Waals surface area contributed by atoms with Crippen molar-refractivity contribution >= 4 is 15.6 Å². The number of piperidine rings is 1. The molecule has 3 fully saturated rings. The number of hydrogen-bond donors (Lipinski definition) is 0. The molecule has 6 nitrogen and oxygen atoms in total. The molecule has 1 aromatic rings. The molecule has 0 amide bonds. The van der Waals surface area contributed by atoms with Gasteiger partial charge in [0, 0.05) is 17.9 Å². The third-order valence-corrected chi connectivity index (χ3v) is 10.2. The fourth-order valence-electron chi connectivity index (χ4n) is 6.33. The predicted molar refractivity (Wildman–Crippen MR) is 127 cm³/mol. The Hall–Kier alpha value is -1.60. The second kappa shape index (κ2) is 9.95. The van der Waals surface area contributed by atoms with Crippen LogP contribution in [0.4, 0.5) is 0 Å². The third kappa shape index (κ3) is 5.56. The summed E-state index contributed by atoms with van der Waals surface area (Å²) in [6.07, 6.45) is 9.41. The number of sulfone groups is 1. The number of ketones is 1. The summed E-state index contributed by atoms with van der Waals surface area (Å²) in [7, 11) is -2.97. The maximum atomic E-state index is 12.5. The number of rotatable bonds is 7. The van der Waals surface area contributed by atoms with E-state index in [-0.39, 0.29) is 23.2 Å². The molecule has 33 heavy (non-hydrogen) atoms. The van der Waals surface area contributed by atoms with Gasteiger partial charge in [0.15, 0.2) is 21.3 Å². The Morgan fingerprint density at radius 1 is 0.970 bits per heavy atom. The summed E-state index contributed by atoms with van der Waals surface area (Å²) in [6.45, 7) is 3.80. The van der Waals surface area contributed by atoms with E-state index in [4.69, 9.17) is 9.47 Å². The van der Waals surface area contributed by atoms with E-state index in [0.29, 0.717) is 31.5 Å². The van der Waals surface area contributed by atoms with E-state index in [1.54, 1.807) is 0 Å².